The SMILES string of the molecule is C=C(CCCC1CCC2C3=C(C(=O)CC12C)C1(C)CCC(=O)CC1CC3=O)C(C)C(=O)O.CC.CC. The van der Waals surface area contributed by atoms with E-state index in [1.165, 1.54) is 0 Å². The van der Waals surface area contributed by atoms with Crippen molar-refractivity contribution in [3.8, 4) is 0 Å². The molecule has 0 radical (unpaired) electrons. The summed E-state index contributed by atoms with van der Waals surface area (Å²) in [4.78, 5) is 50.2. The molecule has 202 valence electrons. The summed E-state index contributed by atoms with van der Waals surface area (Å²) >= 11 is 0. The molecule has 0 aromatic heterocycles. The highest BCUT2D eigenvalue weighted by Crippen LogP contribution is 2.63. The monoisotopic (exact) mass is 500 g/mol. The number of hydrogen-bond acceptors (Lipinski definition) is 4. The molecular weight excluding hydrogens is 452 g/mol. The van der Waals surface area contributed by atoms with Crippen LogP contribution in [-0.4, -0.2) is 28.4 Å². The van der Waals surface area contributed by atoms with E-state index < -0.39 is 11.9 Å². The molecule has 6 unspecified atom stereocenters. The molecule has 36 heavy (non-hydrogen) atoms. The van der Waals surface area contributed by atoms with Crippen LogP contribution in [0.2, 0.25) is 0 Å². The summed E-state index contributed by atoms with van der Waals surface area (Å²) in [6, 6.07) is 0. The Labute approximate surface area is 218 Å². The number of Topliss-reactive ketones (excluding diaryl/α,β-unsaturated/α-hetero) is 3. The van der Waals surface area contributed by atoms with Crippen molar-refractivity contribution in [1.82, 2.24) is 0 Å². The van der Waals surface area contributed by atoms with Gasteiger partial charge in [0, 0.05) is 42.2 Å². The van der Waals surface area contributed by atoms with Crippen LogP contribution in [0.3, 0.4) is 0 Å². The van der Waals surface area contributed by atoms with E-state index in [2.05, 4.69) is 20.4 Å². The van der Waals surface area contributed by atoms with E-state index in [-0.39, 0.29) is 40.0 Å². The van der Waals surface area contributed by atoms with Crippen LogP contribution in [0.25, 0.3) is 0 Å². The van der Waals surface area contributed by atoms with Crippen molar-refractivity contribution in [2.24, 2.45) is 34.5 Å². The second-order valence-corrected chi connectivity index (χ2v) is 11.3. The Hall–Kier alpha value is -2.04. The number of allylic oxidation sites excluding steroid dienone is 2. The lowest BCUT2D eigenvalue weighted by atomic mass is 9.50. The Morgan fingerprint density at radius 1 is 1.06 bits per heavy atom. The van der Waals surface area contributed by atoms with Gasteiger partial charge in [-0.25, -0.2) is 0 Å². The zero-order valence-corrected chi connectivity index (χ0v) is 23.7. The van der Waals surface area contributed by atoms with Crippen LogP contribution < -0.4 is 0 Å². The van der Waals surface area contributed by atoms with Gasteiger partial charge in [0.25, 0.3) is 0 Å². The van der Waals surface area contributed by atoms with Crippen molar-refractivity contribution in [1.29, 1.82) is 0 Å². The lowest BCUT2D eigenvalue weighted by Crippen LogP contribution is -2.50. The van der Waals surface area contributed by atoms with Gasteiger partial charge in [-0.1, -0.05) is 53.7 Å². The molecule has 0 aromatic carbocycles. The predicted molar refractivity (Wildman–Crippen MR) is 144 cm³/mol. The molecule has 4 rings (SSSR count). The number of aliphatic carboxylic acids is 1. The van der Waals surface area contributed by atoms with Crippen LogP contribution in [0.4, 0.5) is 0 Å². The normalized spacial score (nSPS) is 33.8. The maximum absolute atomic E-state index is 13.6. The highest BCUT2D eigenvalue weighted by atomic mass is 16.4. The van der Waals surface area contributed by atoms with Crippen molar-refractivity contribution < 1.29 is 24.3 Å². The van der Waals surface area contributed by atoms with Crippen molar-refractivity contribution in [2.45, 2.75) is 113 Å². The predicted octanol–water partition coefficient (Wildman–Crippen LogP) is 7.14. The van der Waals surface area contributed by atoms with Gasteiger partial charge < -0.3 is 5.11 Å². The van der Waals surface area contributed by atoms with Crippen molar-refractivity contribution in [3.63, 3.8) is 0 Å². The van der Waals surface area contributed by atoms with E-state index in [9.17, 15) is 24.3 Å². The molecule has 5 heteroatoms. The summed E-state index contributed by atoms with van der Waals surface area (Å²) in [5, 5.41) is 9.19. The number of carbonyl (C=O) groups is 4. The Morgan fingerprint density at radius 2 is 1.69 bits per heavy atom. The molecule has 6 atom stereocenters. The Kier molecular flexibility index (Phi) is 10.1. The van der Waals surface area contributed by atoms with E-state index in [0.717, 1.165) is 42.4 Å². The van der Waals surface area contributed by atoms with E-state index in [4.69, 9.17) is 0 Å². The quantitative estimate of drug-likeness (QED) is 0.392. The van der Waals surface area contributed by atoms with Crippen LogP contribution in [0, 0.1) is 34.5 Å². The third-order valence-corrected chi connectivity index (χ3v) is 9.61. The maximum Gasteiger partial charge on any atom is 0.310 e. The van der Waals surface area contributed by atoms with Gasteiger partial charge >= 0.3 is 5.97 Å². The first-order valence-electron chi connectivity index (χ1n) is 14.2. The summed E-state index contributed by atoms with van der Waals surface area (Å²) in [6.45, 7) is 17.9. The molecule has 0 heterocycles. The summed E-state index contributed by atoms with van der Waals surface area (Å²) in [5.74, 6) is -0.474. The number of ketones is 3. The molecule has 4 aliphatic rings. The van der Waals surface area contributed by atoms with Crippen molar-refractivity contribution in [2.75, 3.05) is 0 Å². The van der Waals surface area contributed by atoms with Crippen LogP contribution in [0.5, 0.6) is 0 Å². The van der Waals surface area contributed by atoms with Crippen molar-refractivity contribution in [3.05, 3.63) is 23.3 Å². The van der Waals surface area contributed by atoms with Crippen molar-refractivity contribution >= 4 is 23.3 Å². The number of carboxylic acids is 1. The minimum absolute atomic E-state index is 0.0252. The van der Waals surface area contributed by atoms with Crippen LogP contribution in [0.1, 0.15) is 113 Å². The largest absolute Gasteiger partial charge is 0.481 e. The molecule has 0 amide bonds. The van der Waals surface area contributed by atoms with Gasteiger partial charge in [0.2, 0.25) is 0 Å². The highest BCUT2D eigenvalue weighted by molar-refractivity contribution is 6.11. The Balaban J connectivity index is 0.00000109. The molecule has 1 N–H and O–H groups in total. The van der Waals surface area contributed by atoms with Gasteiger partial charge in [0.1, 0.15) is 5.78 Å². The molecule has 0 spiro atoms. The van der Waals surface area contributed by atoms with Gasteiger partial charge in [0.05, 0.1) is 5.92 Å². The first-order chi connectivity index (χ1) is 17.0. The average molecular weight is 501 g/mol. The average Bonchev–Trinajstić information content (AvgIpc) is 3.17. The number of hydrogen-bond donors (Lipinski definition) is 1. The fraction of sp³-hybridized carbons (Fsp3) is 0.742. The second-order valence-electron chi connectivity index (χ2n) is 11.3. The van der Waals surface area contributed by atoms with E-state index >= 15 is 0 Å². The fourth-order valence-corrected chi connectivity index (χ4v) is 7.38. The molecule has 2 fully saturated rings. The molecule has 5 nitrogen and oxygen atoms in total. The Bertz CT molecular complexity index is 927. The third-order valence-electron chi connectivity index (χ3n) is 9.61. The van der Waals surface area contributed by atoms with Crippen LogP contribution >= 0.6 is 0 Å². The first kappa shape index (κ1) is 30.2. The molecule has 0 saturated heterocycles. The van der Waals surface area contributed by atoms with Gasteiger partial charge in [0.15, 0.2) is 11.6 Å². The topological polar surface area (TPSA) is 88.5 Å². The summed E-state index contributed by atoms with van der Waals surface area (Å²) in [5.41, 5.74) is 1.79. The van der Waals surface area contributed by atoms with Crippen LogP contribution in [0.15, 0.2) is 23.3 Å². The lowest BCUT2D eigenvalue weighted by molar-refractivity contribution is -0.140. The molecular formula is C31H48O5. The summed E-state index contributed by atoms with van der Waals surface area (Å²) < 4.78 is 0. The fourth-order valence-electron chi connectivity index (χ4n) is 7.38. The zero-order valence-electron chi connectivity index (χ0n) is 23.7. The molecule has 0 aromatic rings. The maximum atomic E-state index is 13.6. The van der Waals surface area contributed by atoms with Crippen LogP contribution in [-0.2, 0) is 19.2 Å². The van der Waals surface area contributed by atoms with Gasteiger partial charge in [-0.2, -0.15) is 0 Å². The summed E-state index contributed by atoms with van der Waals surface area (Å²) in [6.07, 6.45) is 6.91. The highest BCUT2D eigenvalue weighted by Gasteiger charge is 2.59. The minimum Gasteiger partial charge on any atom is -0.481 e. The number of carboxylic acid groups (broad SMARTS) is 1. The van der Waals surface area contributed by atoms with E-state index in [0.29, 0.717) is 44.4 Å². The molecule has 2 saturated carbocycles. The van der Waals surface area contributed by atoms with Gasteiger partial charge in [-0.3, -0.25) is 19.2 Å². The minimum atomic E-state index is -0.841. The second kappa shape index (κ2) is 12.0. The third kappa shape index (κ3) is 5.31. The zero-order chi connectivity index (χ0) is 27.4. The number of carbonyl (C=O) groups excluding carboxylic acids is 3. The van der Waals surface area contributed by atoms with E-state index in [1.54, 1.807) is 6.92 Å². The Morgan fingerprint density at radius 3 is 2.31 bits per heavy atom. The standard InChI is InChI=1S/C27H36O5.2C2H6/c1-15(16(2)25(31)32)6-5-7-17-8-9-20-23-21(29)13-18-12-19(28)10-11-26(18,3)24(23)22(30)14-27(17,20)4;2*1-2/h16-18,20H,1,5-14H2,2-4H3,(H,31,32);2*1-2H3. The first-order valence-corrected chi connectivity index (χ1v) is 14.2. The number of fused-ring (bicyclic) bond motifs is 4. The van der Waals surface area contributed by atoms with Gasteiger partial charge in [-0.05, 0) is 68.6 Å². The smallest absolute Gasteiger partial charge is 0.310 e. The molecule has 0 aliphatic heterocycles. The molecule has 0 bridgehead atoms. The molecule has 4 aliphatic carbocycles. The lowest BCUT2D eigenvalue weighted by Gasteiger charge is -2.52. The van der Waals surface area contributed by atoms with Gasteiger partial charge in [-0.15, -0.1) is 0 Å². The van der Waals surface area contributed by atoms with E-state index in [1.807, 2.05) is 27.7 Å². The number of rotatable bonds is 6. The summed E-state index contributed by atoms with van der Waals surface area (Å²) in [7, 11) is 0.